The van der Waals surface area contributed by atoms with E-state index in [4.69, 9.17) is 16.3 Å². The minimum absolute atomic E-state index is 0.0315. The number of benzene rings is 2. The molecule has 3 aromatic rings. The van der Waals surface area contributed by atoms with Crippen molar-refractivity contribution in [1.82, 2.24) is 9.78 Å². The second kappa shape index (κ2) is 6.26. The largest absolute Gasteiger partial charge is 0.497 e. The number of amides is 1. The van der Waals surface area contributed by atoms with Crippen molar-refractivity contribution in [3.8, 4) is 11.4 Å². The third-order valence-electron chi connectivity index (χ3n) is 4.39. The maximum absolute atomic E-state index is 12.3. The molecule has 4 rings (SSSR count). The van der Waals surface area contributed by atoms with Crippen molar-refractivity contribution in [2.75, 3.05) is 12.4 Å². The van der Waals surface area contributed by atoms with E-state index in [-0.39, 0.29) is 11.8 Å². The second-order valence-corrected chi connectivity index (χ2v) is 6.35. The third kappa shape index (κ3) is 2.87. The molecule has 1 aliphatic heterocycles. The van der Waals surface area contributed by atoms with Crippen LogP contribution in [0, 0.1) is 0 Å². The first-order valence-corrected chi connectivity index (χ1v) is 8.31. The highest BCUT2D eigenvalue weighted by molar-refractivity contribution is 6.30. The molecule has 1 aromatic heterocycles. The van der Waals surface area contributed by atoms with Crippen molar-refractivity contribution in [3.05, 3.63) is 70.9 Å². The lowest BCUT2D eigenvalue weighted by Gasteiger charge is -2.24. The number of hydrogen-bond acceptors (Lipinski definition) is 3. The van der Waals surface area contributed by atoms with Gasteiger partial charge in [-0.25, -0.2) is 4.68 Å². The highest BCUT2D eigenvalue weighted by Crippen LogP contribution is 2.38. The standard InChI is InChI=1S/C19H16ClN3O2/c1-25-15-4-2-3-12(9-15)16-10-18(24)22-19-17(16)11-21-23(19)14-7-5-13(20)6-8-14/h2-9,11,16H,10H2,1H3,(H,22,24)/t16-/m0/s1. The molecule has 1 amide bonds. The van der Waals surface area contributed by atoms with Crippen LogP contribution in [0.25, 0.3) is 5.69 Å². The molecule has 126 valence electrons. The SMILES string of the molecule is COc1cccc([C@@H]2CC(=O)Nc3c2cnn3-c2ccc(Cl)cc2)c1. The molecule has 0 radical (unpaired) electrons. The molecule has 5 nitrogen and oxygen atoms in total. The maximum Gasteiger partial charge on any atom is 0.226 e. The summed E-state index contributed by atoms with van der Waals surface area (Å²) in [6, 6.07) is 15.1. The van der Waals surface area contributed by atoms with Gasteiger partial charge in [0, 0.05) is 22.9 Å². The van der Waals surface area contributed by atoms with E-state index in [0.717, 1.165) is 22.6 Å². The highest BCUT2D eigenvalue weighted by Gasteiger charge is 2.30. The first kappa shape index (κ1) is 15.7. The van der Waals surface area contributed by atoms with E-state index in [1.54, 1.807) is 23.9 Å². The molecule has 0 saturated carbocycles. The van der Waals surface area contributed by atoms with Crippen LogP contribution in [0.1, 0.15) is 23.5 Å². The van der Waals surface area contributed by atoms with E-state index in [2.05, 4.69) is 10.4 Å². The van der Waals surface area contributed by atoms with Crippen molar-refractivity contribution in [2.24, 2.45) is 0 Å². The summed E-state index contributed by atoms with van der Waals surface area (Å²) >= 11 is 5.96. The van der Waals surface area contributed by atoms with E-state index in [1.807, 2.05) is 42.6 Å². The number of nitrogens with zero attached hydrogens (tertiary/aromatic N) is 2. The van der Waals surface area contributed by atoms with Gasteiger partial charge in [0.1, 0.15) is 11.6 Å². The van der Waals surface area contributed by atoms with E-state index < -0.39 is 0 Å². The van der Waals surface area contributed by atoms with Crippen LogP contribution in [0.5, 0.6) is 5.75 Å². The molecular formula is C19H16ClN3O2. The summed E-state index contributed by atoms with van der Waals surface area (Å²) in [5, 5.41) is 8.08. The molecule has 2 aromatic carbocycles. The summed E-state index contributed by atoms with van der Waals surface area (Å²) in [6.45, 7) is 0. The van der Waals surface area contributed by atoms with Gasteiger partial charge in [-0.05, 0) is 42.0 Å². The molecule has 0 fully saturated rings. The zero-order valence-corrected chi connectivity index (χ0v) is 14.3. The quantitative estimate of drug-likeness (QED) is 0.774. The van der Waals surface area contributed by atoms with Crippen LogP contribution >= 0.6 is 11.6 Å². The normalized spacial score (nSPS) is 16.2. The van der Waals surface area contributed by atoms with Crippen LogP contribution in [0.2, 0.25) is 5.02 Å². The molecule has 0 unspecified atom stereocenters. The number of carbonyl (C=O) groups is 1. The van der Waals surface area contributed by atoms with Gasteiger partial charge in [0.05, 0.1) is 19.0 Å². The van der Waals surface area contributed by atoms with Gasteiger partial charge in [-0.1, -0.05) is 23.7 Å². The van der Waals surface area contributed by atoms with Crippen LogP contribution < -0.4 is 10.1 Å². The number of methoxy groups -OCH3 is 1. The van der Waals surface area contributed by atoms with Crippen LogP contribution in [-0.2, 0) is 4.79 Å². The fourth-order valence-corrected chi connectivity index (χ4v) is 3.28. The number of ether oxygens (including phenoxy) is 1. The summed E-state index contributed by atoms with van der Waals surface area (Å²) in [5.41, 5.74) is 2.87. The molecule has 0 saturated heterocycles. The monoisotopic (exact) mass is 353 g/mol. The Hall–Kier alpha value is -2.79. The van der Waals surface area contributed by atoms with Crippen molar-refractivity contribution in [2.45, 2.75) is 12.3 Å². The predicted octanol–water partition coefficient (Wildman–Crippen LogP) is 4.01. The predicted molar refractivity (Wildman–Crippen MR) is 96.7 cm³/mol. The van der Waals surface area contributed by atoms with Gasteiger partial charge < -0.3 is 10.1 Å². The Morgan fingerprint density at radius 1 is 1.24 bits per heavy atom. The fraction of sp³-hybridized carbons (Fsp3) is 0.158. The topological polar surface area (TPSA) is 56.1 Å². The number of halogens is 1. The molecule has 0 aliphatic carbocycles. The Morgan fingerprint density at radius 2 is 2.04 bits per heavy atom. The molecule has 2 heterocycles. The summed E-state index contributed by atoms with van der Waals surface area (Å²) in [6.07, 6.45) is 2.19. The van der Waals surface area contributed by atoms with E-state index in [1.165, 1.54) is 0 Å². The van der Waals surface area contributed by atoms with Gasteiger partial charge in [0.2, 0.25) is 5.91 Å². The molecule has 0 bridgehead atoms. The third-order valence-corrected chi connectivity index (χ3v) is 4.64. The molecule has 1 aliphatic rings. The molecule has 6 heteroatoms. The Kier molecular flexibility index (Phi) is 3.93. The van der Waals surface area contributed by atoms with E-state index >= 15 is 0 Å². The average Bonchev–Trinajstić information content (AvgIpc) is 3.05. The van der Waals surface area contributed by atoms with Crippen molar-refractivity contribution in [3.63, 3.8) is 0 Å². The van der Waals surface area contributed by atoms with Crippen LogP contribution in [0.15, 0.2) is 54.7 Å². The highest BCUT2D eigenvalue weighted by atomic mass is 35.5. The van der Waals surface area contributed by atoms with Crippen molar-refractivity contribution in [1.29, 1.82) is 0 Å². The van der Waals surface area contributed by atoms with Gasteiger partial charge in [-0.3, -0.25) is 4.79 Å². The summed E-state index contributed by atoms with van der Waals surface area (Å²) < 4.78 is 7.04. The summed E-state index contributed by atoms with van der Waals surface area (Å²) in [4.78, 5) is 12.3. The fourth-order valence-electron chi connectivity index (χ4n) is 3.15. The number of fused-ring (bicyclic) bond motifs is 1. The molecule has 1 atom stereocenters. The van der Waals surface area contributed by atoms with Crippen molar-refractivity contribution >= 4 is 23.3 Å². The van der Waals surface area contributed by atoms with E-state index in [9.17, 15) is 4.79 Å². The van der Waals surface area contributed by atoms with Crippen LogP contribution in [0.3, 0.4) is 0 Å². The van der Waals surface area contributed by atoms with Gasteiger partial charge in [0.15, 0.2) is 0 Å². The summed E-state index contributed by atoms with van der Waals surface area (Å²) in [5.74, 6) is 1.39. The number of rotatable bonds is 3. The average molecular weight is 354 g/mol. The Bertz CT molecular complexity index is 934. The Labute approximate surface area is 150 Å². The number of carbonyl (C=O) groups excluding carboxylic acids is 1. The van der Waals surface area contributed by atoms with Gasteiger partial charge in [-0.15, -0.1) is 0 Å². The Balaban J connectivity index is 1.79. The number of aromatic nitrogens is 2. The van der Waals surface area contributed by atoms with Gasteiger partial charge >= 0.3 is 0 Å². The van der Waals surface area contributed by atoms with Crippen LogP contribution in [-0.4, -0.2) is 22.8 Å². The molecular weight excluding hydrogens is 338 g/mol. The first-order chi connectivity index (χ1) is 12.2. The van der Waals surface area contributed by atoms with Crippen LogP contribution in [0.4, 0.5) is 5.82 Å². The lowest BCUT2D eigenvalue weighted by Crippen LogP contribution is -2.24. The Morgan fingerprint density at radius 3 is 2.80 bits per heavy atom. The molecule has 1 N–H and O–H groups in total. The lowest BCUT2D eigenvalue weighted by atomic mass is 9.87. The number of hydrogen-bond donors (Lipinski definition) is 1. The smallest absolute Gasteiger partial charge is 0.226 e. The first-order valence-electron chi connectivity index (χ1n) is 7.93. The zero-order chi connectivity index (χ0) is 17.4. The van der Waals surface area contributed by atoms with E-state index in [0.29, 0.717) is 17.3 Å². The lowest BCUT2D eigenvalue weighted by molar-refractivity contribution is -0.116. The van der Waals surface area contributed by atoms with Crippen molar-refractivity contribution < 1.29 is 9.53 Å². The minimum atomic E-state index is -0.0556. The minimum Gasteiger partial charge on any atom is -0.497 e. The molecule has 0 spiro atoms. The molecule has 25 heavy (non-hydrogen) atoms. The number of nitrogens with one attached hydrogen (secondary N) is 1. The van der Waals surface area contributed by atoms with Gasteiger partial charge in [-0.2, -0.15) is 5.10 Å². The zero-order valence-electron chi connectivity index (χ0n) is 13.6. The summed E-state index contributed by atoms with van der Waals surface area (Å²) in [7, 11) is 1.64. The van der Waals surface area contributed by atoms with Gasteiger partial charge in [0.25, 0.3) is 0 Å². The number of anilines is 1. The maximum atomic E-state index is 12.3. The second-order valence-electron chi connectivity index (χ2n) is 5.92.